The molecule has 7 nitrogen and oxygen atoms in total. The Hall–Kier alpha value is -4.91. The van der Waals surface area contributed by atoms with Gasteiger partial charge in [-0.15, -0.1) is 0 Å². The maximum Gasteiger partial charge on any atom is 0.306 e. The lowest BCUT2D eigenvalue weighted by atomic mass is 9.83. The lowest BCUT2D eigenvalue weighted by molar-refractivity contribution is -0.152. The number of unbranched alkanes of at least 4 members (excludes halogenated alkanes) is 2. The third-order valence-corrected chi connectivity index (χ3v) is 8.79. The fourth-order valence-electron chi connectivity index (χ4n) is 6.34. The minimum atomic E-state index is -1.04. The molecule has 0 bridgehead atoms. The van der Waals surface area contributed by atoms with Gasteiger partial charge in [0, 0.05) is 29.2 Å². The highest BCUT2D eigenvalue weighted by Crippen LogP contribution is 2.45. The molecule has 0 saturated carbocycles. The fourth-order valence-corrected chi connectivity index (χ4v) is 6.34. The minimum Gasteiger partial charge on any atom is -0.481 e. The molecule has 0 aromatic heterocycles. The van der Waals surface area contributed by atoms with Crippen LogP contribution < -0.4 is 10.1 Å². The zero-order valence-electron chi connectivity index (χ0n) is 28.0. The molecule has 1 amide bonds. The number of hydrogen-bond donors (Lipinski definition) is 2. The first-order chi connectivity index (χ1) is 23.1. The number of ether oxygens (including phenoxy) is 2. The van der Waals surface area contributed by atoms with Gasteiger partial charge in [0.05, 0.1) is 12.8 Å². The number of rotatable bonds is 14. The summed E-state index contributed by atoms with van der Waals surface area (Å²) in [5.74, 6) is -0.394. The summed E-state index contributed by atoms with van der Waals surface area (Å²) in [6, 6.07) is 31.9. The predicted octanol–water partition coefficient (Wildman–Crippen LogP) is 9.50. The first kappa shape index (κ1) is 34.4. The molecule has 1 unspecified atom stereocenters. The molecule has 48 heavy (non-hydrogen) atoms. The predicted molar refractivity (Wildman–Crippen MR) is 188 cm³/mol. The number of esters is 1. The summed E-state index contributed by atoms with van der Waals surface area (Å²) in [5.41, 5.74) is 5.37. The molecule has 0 saturated heterocycles. The summed E-state index contributed by atoms with van der Waals surface area (Å²) < 4.78 is 12.0. The van der Waals surface area contributed by atoms with Crippen molar-refractivity contribution in [2.45, 2.75) is 89.6 Å². The van der Waals surface area contributed by atoms with Gasteiger partial charge in [-0.2, -0.15) is 0 Å². The van der Waals surface area contributed by atoms with Crippen molar-refractivity contribution in [2.75, 3.05) is 5.32 Å². The average molecular weight is 648 g/mol. The number of benzene rings is 4. The van der Waals surface area contributed by atoms with Crippen LogP contribution >= 0.6 is 0 Å². The van der Waals surface area contributed by atoms with Crippen molar-refractivity contribution in [3.8, 4) is 11.5 Å². The summed E-state index contributed by atoms with van der Waals surface area (Å²) in [5, 5.41) is 12.3. The van der Waals surface area contributed by atoms with Gasteiger partial charge in [0.15, 0.2) is 0 Å². The van der Waals surface area contributed by atoms with E-state index in [9.17, 15) is 14.4 Å². The Balaban J connectivity index is 1.35. The standard InChI is InChI=1S/C41H45NO6/c1-41(2,3)33-23-22-29(35(48-40(46)25-24-39(44)45)19-9-5-8-16-28-14-6-4-7-15-28)26-34(33)42-38(43)27-32-30-17-10-12-20-36(30)47-37-21-13-11-18-31(32)37/h4,6-7,10-15,17-18,20-23,26,32,35H,5,8-9,16,19,24-25,27H2,1-3H3,(H,42,43)(H,44,45). The van der Waals surface area contributed by atoms with Gasteiger partial charge in [-0.05, 0) is 66.0 Å². The van der Waals surface area contributed by atoms with Crippen molar-refractivity contribution < 1.29 is 29.0 Å². The zero-order chi connectivity index (χ0) is 34.1. The Bertz CT molecular complexity index is 1680. The molecule has 250 valence electrons. The van der Waals surface area contributed by atoms with Crippen molar-refractivity contribution in [1.82, 2.24) is 0 Å². The maximum atomic E-state index is 13.9. The lowest BCUT2D eigenvalue weighted by Gasteiger charge is -2.29. The van der Waals surface area contributed by atoms with Crippen LogP contribution in [0.1, 0.15) is 106 Å². The summed E-state index contributed by atoms with van der Waals surface area (Å²) >= 11 is 0. The second-order valence-corrected chi connectivity index (χ2v) is 13.5. The number of nitrogens with one attached hydrogen (secondary N) is 1. The number of aryl methyl sites for hydroxylation is 1. The van der Waals surface area contributed by atoms with E-state index in [-0.39, 0.29) is 36.5 Å². The van der Waals surface area contributed by atoms with Gasteiger partial charge >= 0.3 is 11.9 Å². The number of fused-ring (bicyclic) bond motifs is 2. The molecule has 1 atom stereocenters. The second kappa shape index (κ2) is 15.8. The van der Waals surface area contributed by atoms with Gasteiger partial charge in [0.1, 0.15) is 17.6 Å². The average Bonchev–Trinajstić information content (AvgIpc) is 3.06. The smallest absolute Gasteiger partial charge is 0.306 e. The molecule has 7 heteroatoms. The summed E-state index contributed by atoms with van der Waals surface area (Å²) in [4.78, 5) is 37.7. The van der Waals surface area contributed by atoms with Crippen LogP contribution in [0.2, 0.25) is 0 Å². The van der Waals surface area contributed by atoms with Crippen LogP contribution in [0.25, 0.3) is 0 Å². The lowest BCUT2D eigenvalue weighted by Crippen LogP contribution is -2.22. The van der Waals surface area contributed by atoms with E-state index >= 15 is 0 Å². The summed E-state index contributed by atoms with van der Waals surface area (Å²) in [6.07, 6.45) is 3.52. The molecule has 5 rings (SSSR count). The zero-order valence-corrected chi connectivity index (χ0v) is 28.0. The van der Waals surface area contributed by atoms with Crippen molar-refractivity contribution >= 4 is 23.5 Å². The fraction of sp³-hybridized carbons (Fsp3) is 0.341. The maximum absolute atomic E-state index is 13.9. The van der Waals surface area contributed by atoms with Crippen LogP contribution in [0, 0.1) is 0 Å². The monoisotopic (exact) mass is 647 g/mol. The van der Waals surface area contributed by atoms with Gasteiger partial charge < -0.3 is 19.9 Å². The van der Waals surface area contributed by atoms with Crippen LogP contribution in [0.5, 0.6) is 11.5 Å². The Kier molecular flexibility index (Phi) is 11.3. The molecule has 0 radical (unpaired) electrons. The van der Waals surface area contributed by atoms with Crippen molar-refractivity contribution in [1.29, 1.82) is 0 Å². The van der Waals surface area contributed by atoms with Gasteiger partial charge in [-0.1, -0.05) is 106 Å². The highest BCUT2D eigenvalue weighted by molar-refractivity contribution is 5.93. The van der Waals surface area contributed by atoms with E-state index in [1.165, 1.54) is 5.56 Å². The van der Waals surface area contributed by atoms with Gasteiger partial charge in [-0.25, -0.2) is 0 Å². The molecule has 0 spiro atoms. The quantitative estimate of drug-likeness (QED) is 0.104. The van der Waals surface area contributed by atoms with Crippen LogP contribution in [0.15, 0.2) is 97.1 Å². The third-order valence-electron chi connectivity index (χ3n) is 8.79. The number of para-hydroxylation sites is 2. The molecule has 2 N–H and O–H groups in total. The molecule has 0 aliphatic carbocycles. The topological polar surface area (TPSA) is 102 Å². The van der Waals surface area contributed by atoms with E-state index in [1.54, 1.807) is 0 Å². The van der Waals surface area contributed by atoms with Crippen LogP contribution in [0.3, 0.4) is 0 Å². The van der Waals surface area contributed by atoms with Crippen molar-refractivity contribution in [3.05, 3.63) is 125 Å². The molecule has 1 aliphatic heterocycles. The molecule has 1 heterocycles. The van der Waals surface area contributed by atoms with Gasteiger partial charge in [0.2, 0.25) is 5.91 Å². The molecule has 4 aromatic carbocycles. The SMILES string of the molecule is CC(C)(C)c1ccc(C(CCCCCc2ccccc2)OC(=O)CCC(=O)O)cc1NC(=O)CC1c2ccccc2Oc2ccccc21. The first-order valence-corrected chi connectivity index (χ1v) is 16.8. The van der Waals surface area contributed by atoms with Gasteiger partial charge in [0.25, 0.3) is 0 Å². The van der Waals surface area contributed by atoms with Crippen molar-refractivity contribution in [2.24, 2.45) is 0 Å². The Morgan fingerprint density at radius 2 is 1.46 bits per heavy atom. The van der Waals surface area contributed by atoms with Crippen LogP contribution in [-0.2, 0) is 31.0 Å². The minimum absolute atomic E-state index is 0.134. The van der Waals surface area contributed by atoms with Crippen LogP contribution in [-0.4, -0.2) is 23.0 Å². The molecule has 1 aliphatic rings. The molecule has 4 aromatic rings. The number of carboxylic acid groups (broad SMARTS) is 1. The number of hydrogen-bond acceptors (Lipinski definition) is 5. The normalized spacial score (nSPS) is 13.1. The Morgan fingerprint density at radius 1 is 0.812 bits per heavy atom. The number of amides is 1. The van der Waals surface area contributed by atoms with Gasteiger partial charge in [-0.3, -0.25) is 14.4 Å². The third kappa shape index (κ3) is 9.12. The first-order valence-electron chi connectivity index (χ1n) is 16.8. The molecular weight excluding hydrogens is 602 g/mol. The van der Waals surface area contributed by atoms with E-state index in [1.807, 2.05) is 84.9 Å². The highest BCUT2D eigenvalue weighted by atomic mass is 16.5. The van der Waals surface area contributed by atoms with E-state index < -0.39 is 18.0 Å². The molecular formula is C41H45NO6. The highest BCUT2D eigenvalue weighted by Gasteiger charge is 2.30. The summed E-state index contributed by atoms with van der Waals surface area (Å²) in [6.45, 7) is 6.29. The number of anilines is 1. The second-order valence-electron chi connectivity index (χ2n) is 13.5. The van der Waals surface area contributed by atoms with E-state index in [0.29, 0.717) is 12.1 Å². The molecule has 0 fully saturated rings. The van der Waals surface area contributed by atoms with E-state index in [2.05, 4.69) is 38.2 Å². The number of carbonyl (C=O) groups excluding carboxylic acids is 2. The van der Waals surface area contributed by atoms with E-state index in [0.717, 1.165) is 59.4 Å². The van der Waals surface area contributed by atoms with E-state index in [4.69, 9.17) is 14.6 Å². The summed E-state index contributed by atoms with van der Waals surface area (Å²) in [7, 11) is 0. The Morgan fingerprint density at radius 3 is 2.10 bits per heavy atom. The number of aliphatic carboxylic acids is 1. The number of carbonyl (C=O) groups is 3. The largest absolute Gasteiger partial charge is 0.481 e. The number of carboxylic acids is 1. The Labute approximate surface area is 283 Å². The van der Waals surface area contributed by atoms with Crippen molar-refractivity contribution in [3.63, 3.8) is 0 Å². The van der Waals surface area contributed by atoms with Crippen LogP contribution in [0.4, 0.5) is 5.69 Å².